The number of amides is 1. The third kappa shape index (κ3) is 4.35. The Morgan fingerprint density at radius 3 is 2.45 bits per heavy atom. The van der Waals surface area contributed by atoms with Gasteiger partial charge in [0, 0.05) is 5.69 Å². The molecule has 2 rings (SSSR count). The topological polar surface area (TPSA) is 41.1 Å². The lowest BCUT2D eigenvalue weighted by Crippen LogP contribution is -2.38. The van der Waals surface area contributed by atoms with Crippen LogP contribution in [0.2, 0.25) is 0 Å². The number of rotatable bonds is 6. The van der Waals surface area contributed by atoms with Gasteiger partial charge in [-0.25, -0.2) is 0 Å². The van der Waals surface area contributed by atoms with Crippen LogP contribution in [0.1, 0.15) is 37.9 Å². The Hall–Kier alpha value is -2.29. The summed E-state index contributed by atoms with van der Waals surface area (Å²) in [6, 6.07) is 17.9. The minimum Gasteiger partial charge on any atom is -0.374 e. The molecular formula is C19H24N2O. The van der Waals surface area contributed by atoms with Crippen molar-refractivity contribution in [1.82, 2.24) is 5.32 Å². The summed E-state index contributed by atoms with van der Waals surface area (Å²) in [7, 11) is 0. The molecule has 2 atom stereocenters. The van der Waals surface area contributed by atoms with Gasteiger partial charge in [0.15, 0.2) is 0 Å². The largest absolute Gasteiger partial charge is 0.374 e. The van der Waals surface area contributed by atoms with Crippen molar-refractivity contribution in [3.05, 3.63) is 65.7 Å². The van der Waals surface area contributed by atoms with Gasteiger partial charge < -0.3 is 10.6 Å². The number of hydrogen-bond acceptors (Lipinski definition) is 2. The molecule has 0 radical (unpaired) electrons. The molecule has 0 fully saturated rings. The second kappa shape index (κ2) is 7.64. The molecule has 0 aromatic heterocycles. The molecule has 3 heteroatoms. The molecule has 0 spiro atoms. The summed E-state index contributed by atoms with van der Waals surface area (Å²) in [6.45, 7) is 6.00. The highest BCUT2D eigenvalue weighted by molar-refractivity contribution is 5.84. The van der Waals surface area contributed by atoms with E-state index in [4.69, 9.17) is 0 Å². The van der Waals surface area contributed by atoms with E-state index in [-0.39, 0.29) is 18.0 Å². The Morgan fingerprint density at radius 1 is 1.05 bits per heavy atom. The van der Waals surface area contributed by atoms with Gasteiger partial charge in [-0.3, -0.25) is 4.79 Å². The minimum absolute atomic E-state index is 0.0000684. The third-order valence-corrected chi connectivity index (χ3v) is 3.77. The van der Waals surface area contributed by atoms with Crippen molar-refractivity contribution in [2.45, 2.75) is 39.3 Å². The first-order valence-electron chi connectivity index (χ1n) is 7.81. The van der Waals surface area contributed by atoms with Crippen LogP contribution in [0, 0.1) is 0 Å². The molecule has 0 aliphatic rings. The molecule has 0 unspecified atom stereocenters. The summed E-state index contributed by atoms with van der Waals surface area (Å²) in [5, 5.41) is 6.30. The Balaban J connectivity index is 1.94. The van der Waals surface area contributed by atoms with Crippen LogP contribution in [-0.2, 0) is 11.2 Å². The van der Waals surface area contributed by atoms with Crippen LogP contribution < -0.4 is 10.6 Å². The molecule has 0 saturated carbocycles. The normalized spacial score (nSPS) is 13.2. The Labute approximate surface area is 132 Å². The molecule has 1 amide bonds. The van der Waals surface area contributed by atoms with Gasteiger partial charge in [-0.15, -0.1) is 0 Å². The lowest BCUT2D eigenvalue weighted by atomic mass is 10.1. The minimum atomic E-state index is -0.279. The fourth-order valence-corrected chi connectivity index (χ4v) is 2.36. The van der Waals surface area contributed by atoms with E-state index in [1.54, 1.807) is 0 Å². The molecule has 116 valence electrons. The number of carbonyl (C=O) groups is 1. The maximum absolute atomic E-state index is 12.3. The first kappa shape index (κ1) is 16.1. The van der Waals surface area contributed by atoms with Crippen molar-refractivity contribution in [1.29, 1.82) is 0 Å². The smallest absolute Gasteiger partial charge is 0.242 e. The van der Waals surface area contributed by atoms with Gasteiger partial charge >= 0.3 is 0 Å². The molecular weight excluding hydrogens is 272 g/mol. The molecule has 0 saturated heterocycles. The highest BCUT2D eigenvalue weighted by Crippen LogP contribution is 2.14. The number of aryl methyl sites for hydroxylation is 1. The van der Waals surface area contributed by atoms with Crippen LogP contribution in [0.3, 0.4) is 0 Å². The van der Waals surface area contributed by atoms with Crippen LogP contribution in [0.4, 0.5) is 5.69 Å². The first-order chi connectivity index (χ1) is 10.6. The zero-order valence-corrected chi connectivity index (χ0v) is 13.5. The van der Waals surface area contributed by atoms with E-state index < -0.39 is 0 Å². The van der Waals surface area contributed by atoms with Crippen molar-refractivity contribution >= 4 is 11.6 Å². The predicted molar refractivity (Wildman–Crippen MR) is 91.9 cm³/mol. The molecule has 0 heterocycles. The van der Waals surface area contributed by atoms with Gasteiger partial charge in [0.05, 0.1) is 6.04 Å². The van der Waals surface area contributed by atoms with Gasteiger partial charge in [-0.05, 0) is 43.5 Å². The average molecular weight is 296 g/mol. The predicted octanol–water partition coefficient (Wildman–Crippen LogP) is 3.93. The van der Waals surface area contributed by atoms with Crippen LogP contribution in [0.15, 0.2) is 54.6 Å². The number of anilines is 1. The first-order valence-corrected chi connectivity index (χ1v) is 7.81. The SMILES string of the molecule is CCc1cccc(N[C@@H](C)C(=O)N[C@H](C)c2ccccc2)c1. The highest BCUT2D eigenvalue weighted by atomic mass is 16.2. The fraction of sp³-hybridized carbons (Fsp3) is 0.316. The van der Waals surface area contributed by atoms with E-state index in [9.17, 15) is 4.79 Å². The molecule has 2 N–H and O–H groups in total. The van der Waals surface area contributed by atoms with E-state index >= 15 is 0 Å². The number of nitrogens with one attached hydrogen (secondary N) is 2. The van der Waals surface area contributed by atoms with Crippen molar-refractivity contribution < 1.29 is 4.79 Å². The van der Waals surface area contributed by atoms with Gasteiger partial charge in [0.25, 0.3) is 0 Å². The zero-order valence-electron chi connectivity index (χ0n) is 13.5. The number of benzene rings is 2. The van der Waals surface area contributed by atoms with E-state index in [0.29, 0.717) is 0 Å². The van der Waals surface area contributed by atoms with Gasteiger partial charge in [-0.2, -0.15) is 0 Å². The average Bonchev–Trinajstić information content (AvgIpc) is 2.55. The molecule has 3 nitrogen and oxygen atoms in total. The van der Waals surface area contributed by atoms with Gasteiger partial charge in [0.2, 0.25) is 5.91 Å². The lowest BCUT2D eigenvalue weighted by Gasteiger charge is -2.19. The number of carbonyl (C=O) groups excluding carboxylic acids is 1. The Bertz CT molecular complexity index is 610. The van der Waals surface area contributed by atoms with E-state index in [1.807, 2.05) is 56.3 Å². The molecule has 2 aromatic rings. The lowest BCUT2D eigenvalue weighted by molar-refractivity contribution is -0.122. The molecule has 2 aromatic carbocycles. The van der Waals surface area contributed by atoms with Crippen molar-refractivity contribution in [2.75, 3.05) is 5.32 Å². The third-order valence-electron chi connectivity index (χ3n) is 3.77. The fourth-order valence-electron chi connectivity index (χ4n) is 2.36. The number of hydrogen-bond donors (Lipinski definition) is 2. The summed E-state index contributed by atoms with van der Waals surface area (Å²) in [5.41, 5.74) is 3.35. The second-order valence-corrected chi connectivity index (χ2v) is 5.56. The molecule has 0 bridgehead atoms. The van der Waals surface area contributed by atoms with Crippen LogP contribution in [-0.4, -0.2) is 11.9 Å². The zero-order chi connectivity index (χ0) is 15.9. The molecule has 0 aliphatic carbocycles. The summed E-state index contributed by atoms with van der Waals surface area (Å²) in [5.74, 6) is -0.00162. The quantitative estimate of drug-likeness (QED) is 0.848. The van der Waals surface area contributed by atoms with Gasteiger partial charge in [-0.1, -0.05) is 49.4 Å². The summed E-state index contributed by atoms with van der Waals surface area (Å²) in [4.78, 5) is 12.3. The maximum atomic E-state index is 12.3. The standard InChI is InChI=1S/C19H24N2O/c1-4-16-9-8-12-18(13-16)20-15(3)19(22)21-14(2)17-10-6-5-7-11-17/h5-15,20H,4H2,1-3H3,(H,21,22)/t14-,15+/m1/s1. The van der Waals surface area contributed by atoms with Gasteiger partial charge in [0.1, 0.15) is 6.04 Å². The van der Waals surface area contributed by atoms with E-state index in [2.05, 4.69) is 29.7 Å². The van der Waals surface area contributed by atoms with E-state index in [0.717, 1.165) is 17.7 Å². The highest BCUT2D eigenvalue weighted by Gasteiger charge is 2.15. The van der Waals surface area contributed by atoms with Crippen molar-refractivity contribution in [3.8, 4) is 0 Å². The van der Waals surface area contributed by atoms with Crippen molar-refractivity contribution in [2.24, 2.45) is 0 Å². The summed E-state index contributed by atoms with van der Waals surface area (Å²) < 4.78 is 0. The van der Waals surface area contributed by atoms with E-state index in [1.165, 1.54) is 5.56 Å². The van der Waals surface area contributed by atoms with Crippen molar-refractivity contribution in [3.63, 3.8) is 0 Å². The second-order valence-electron chi connectivity index (χ2n) is 5.56. The Kier molecular flexibility index (Phi) is 5.59. The van der Waals surface area contributed by atoms with Crippen LogP contribution >= 0.6 is 0 Å². The Morgan fingerprint density at radius 2 is 1.77 bits per heavy atom. The maximum Gasteiger partial charge on any atom is 0.242 e. The molecule has 0 aliphatic heterocycles. The summed E-state index contributed by atoms with van der Waals surface area (Å²) >= 11 is 0. The monoisotopic (exact) mass is 296 g/mol. The summed E-state index contributed by atoms with van der Waals surface area (Å²) in [6.07, 6.45) is 0.987. The van der Waals surface area contributed by atoms with Crippen LogP contribution in [0.5, 0.6) is 0 Å². The van der Waals surface area contributed by atoms with Crippen LogP contribution in [0.25, 0.3) is 0 Å². The molecule has 22 heavy (non-hydrogen) atoms.